The number of H-pyrrole nitrogens is 1. The van der Waals surface area contributed by atoms with E-state index in [2.05, 4.69) is 21.6 Å². The second kappa shape index (κ2) is 3.03. The fraction of sp³-hybridized carbons (Fsp3) is 0.455. The van der Waals surface area contributed by atoms with E-state index in [1.807, 2.05) is 6.20 Å². The van der Waals surface area contributed by atoms with E-state index < -0.39 is 0 Å². The normalized spacial score (nSPS) is 28.9. The van der Waals surface area contributed by atoms with Crippen LogP contribution in [0.25, 0.3) is 6.08 Å². The Bertz CT molecular complexity index is 435. The number of aromatic amines is 1. The molecule has 4 heteroatoms. The Morgan fingerprint density at radius 1 is 1.53 bits per heavy atom. The number of hydrogen-bond acceptors (Lipinski definition) is 3. The van der Waals surface area contributed by atoms with Crippen molar-refractivity contribution >= 4 is 12.4 Å². The van der Waals surface area contributed by atoms with E-state index in [0.29, 0.717) is 0 Å². The second-order valence-corrected chi connectivity index (χ2v) is 4.36. The summed E-state index contributed by atoms with van der Waals surface area (Å²) >= 11 is 0. The molecule has 0 saturated carbocycles. The monoisotopic (exact) mass is 203 g/mol. The summed E-state index contributed by atoms with van der Waals surface area (Å²) in [5, 5.41) is 10.3. The van der Waals surface area contributed by atoms with Crippen molar-refractivity contribution in [1.82, 2.24) is 15.5 Å². The number of nitrogens with zero attached hydrogens (tertiary/aromatic N) is 1. The van der Waals surface area contributed by atoms with Crippen LogP contribution in [-0.4, -0.2) is 29.6 Å². The summed E-state index contributed by atoms with van der Waals surface area (Å²) in [4.78, 5) is 11.3. The average molecular weight is 203 g/mol. The third-order valence-corrected chi connectivity index (χ3v) is 3.45. The first-order valence-electron chi connectivity index (χ1n) is 5.24. The molecular weight excluding hydrogens is 190 g/mol. The van der Waals surface area contributed by atoms with E-state index in [0.717, 1.165) is 43.5 Å². The van der Waals surface area contributed by atoms with Gasteiger partial charge in [-0.25, -0.2) is 0 Å². The molecular formula is C11H13N3O. The Morgan fingerprint density at radius 2 is 2.47 bits per heavy atom. The zero-order valence-electron chi connectivity index (χ0n) is 8.42. The number of carbonyl (C=O) groups excluding carboxylic acids is 1. The van der Waals surface area contributed by atoms with Crippen molar-refractivity contribution in [2.45, 2.75) is 12.8 Å². The zero-order chi connectivity index (χ0) is 10.3. The van der Waals surface area contributed by atoms with Crippen LogP contribution in [0.1, 0.15) is 17.7 Å². The minimum Gasteiger partial charge on any atom is -0.315 e. The van der Waals surface area contributed by atoms with Crippen molar-refractivity contribution in [2.75, 3.05) is 13.1 Å². The van der Waals surface area contributed by atoms with Gasteiger partial charge in [-0.3, -0.25) is 5.10 Å². The molecule has 2 aliphatic rings. The Morgan fingerprint density at radius 3 is 3.33 bits per heavy atom. The van der Waals surface area contributed by atoms with Crippen molar-refractivity contribution < 1.29 is 4.79 Å². The lowest BCUT2D eigenvalue weighted by molar-refractivity contribution is -0.114. The van der Waals surface area contributed by atoms with Crippen LogP contribution in [0.2, 0.25) is 0 Å². The van der Waals surface area contributed by atoms with Gasteiger partial charge in [0, 0.05) is 6.54 Å². The number of aromatic nitrogens is 2. The number of aldehydes is 1. The molecule has 15 heavy (non-hydrogen) atoms. The molecule has 0 bridgehead atoms. The van der Waals surface area contributed by atoms with Crippen molar-refractivity contribution in [2.24, 2.45) is 5.41 Å². The van der Waals surface area contributed by atoms with Crippen LogP contribution in [0.5, 0.6) is 0 Å². The van der Waals surface area contributed by atoms with Crippen LogP contribution >= 0.6 is 0 Å². The van der Waals surface area contributed by atoms with Crippen molar-refractivity contribution in [3.63, 3.8) is 0 Å². The van der Waals surface area contributed by atoms with E-state index >= 15 is 0 Å². The molecule has 1 unspecified atom stereocenters. The molecule has 1 aromatic rings. The third kappa shape index (κ3) is 1.18. The SMILES string of the molecule is O=CC12CNCCC1=Cc1[nH]ncc1C2. The van der Waals surface area contributed by atoms with E-state index in [9.17, 15) is 4.79 Å². The smallest absolute Gasteiger partial charge is 0.131 e. The number of piperidine rings is 1. The Balaban J connectivity index is 2.11. The molecule has 1 fully saturated rings. The van der Waals surface area contributed by atoms with Gasteiger partial charge in [0.25, 0.3) is 0 Å². The van der Waals surface area contributed by atoms with Crippen LogP contribution in [0.15, 0.2) is 11.8 Å². The highest BCUT2D eigenvalue weighted by Crippen LogP contribution is 2.39. The van der Waals surface area contributed by atoms with Gasteiger partial charge in [-0.1, -0.05) is 5.57 Å². The molecule has 78 valence electrons. The lowest BCUT2D eigenvalue weighted by Crippen LogP contribution is -2.45. The Kier molecular flexibility index (Phi) is 1.79. The molecule has 2 N–H and O–H groups in total. The minimum absolute atomic E-state index is 0.310. The van der Waals surface area contributed by atoms with Gasteiger partial charge in [-0.15, -0.1) is 0 Å². The van der Waals surface area contributed by atoms with Crippen molar-refractivity contribution in [3.05, 3.63) is 23.0 Å². The summed E-state index contributed by atoms with van der Waals surface area (Å²) < 4.78 is 0. The standard InChI is InChI=1S/C11H13N3O/c15-7-11-4-8-5-13-14-10(8)3-9(11)1-2-12-6-11/h3,5,7,12H,1-2,4,6H2,(H,13,14). The topological polar surface area (TPSA) is 57.8 Å². The number of fused-ring (bicyclic) bond motifs is 2. The molecule has 0 aromatic carbocycles. The molecule has 3 rings (SSSR count). The van der Waals surface area contributed by atoms with Crippen LogP contribution in [0.4, 0.5) is 0 Å². The van der Waals surface area contributed by atoms with E-state index in [1.165, 1.54) is 5.57 Å². The maximum Gasteiger partial charge on any atom is 0.131 e. The maximum absolute atomic E-state index is 11.3. The summed E-state index contributed by atoms with van der Waals surface area (Å²) in [5.74, 6) is 0. The summed E-state index contributed by atoms with van der Waals surface area (Å²) in [6.45, 7) is 1.72. The van der Waals surface area contributed by atoms with E-state index in [4.69, 9.17) is 0 Å². The highest BCUT2D eigenvalue weighted by Gasteiger charge is 2.39. The molecule has 2 heterocycles. The highest BCUT2D eigenvalue weighted by atomic mass is 16.1. The molecule has 1 aliphatic carbocycles. The van der Waals surface area contributed by atoms with Gasteiger partial charge >= 0.3 is 0 Å². The molecule has 1 aromatic heterocycles. The average Bonchev–Trinajstić information content (AvgIpc) is 2.72. The van der Waals surface area contributed by atoms with Crippen LogP contribution in [0, 0.1) is 5.41 Å². The second-order valence-electron chi connectivity index (χ2n) is 4.36. The number of nitrogens with one attached hydrogen (secondary N) is 2. The highest BCUT2D eigenvalue weighted by molar-refractivity contribution is 5.74. The van der Waals surface area contributed by atoms with Crippen LogP contribution in [-0.2, 0) is 11.2 Å². The quantitative estimate of drug-likeness (QED) is 0.654. The van der Waals surface area contributed by atoms with Gasteiger partial charge < -0.3 is 10.1 Å². The molecule has 1 atom stereocenters. The number of carbonyl (C=O) groups is 1. The fourth-order valence-corrected chi connectivity index (χ4v) is 2.55. The number of rotatable bonds is 1. The van der Waals surface area contributed by atoms with Crippen LogP contribution < -0.4 is 5.32 Å². The fourth-order valence-electron chi connectivity index (χ4n) is 2.55. The molecule has 1 saturated heterocycles. The van der Waals surface area contributed by atoms with Crippen molar-refractivity contribution in [3.8, 4) is 0 Å². The summed E-state index contributed by atoms with van der Waals surface area (Å²) in [6, 6.07) is 0. The van der Waals surface area contributed by atoms with Gasteiger partial charge in [0.05, 0.1) is 17.3 Å². The summed E-state index contributed by atoms with van der Waals surface area (Å²) in [5.41, 5.74) is 3.15. The first-order chi connectivity index (χ1) is 7.34. The zero-order valence-corrected chi connectivity index (χ0v) is 8.42. The maximum atomic E-state index is 11.3. The number of hydrogen-bond donors (Lipinski definition) is 2. The van der Waals surface area contributed by atoms with Gasteiger partial charge in [0.15, 0.2) is 0 Å². The summed E-state index contributed by atoms with van der Waals surface area (Å²) in [6.07, 6.45) is 6.75. The molecule has 4 nitrogen and oxygen atoms in total. The van der Waals surface area contributed by atoms with Crippen LogP contribution in [0.3, 0.4) is 0 Å². The Hall–Kier alpha value is -1.42. The first kappa shape index (κ1) is 8.85. The van der Waals surface area contributed by atoms with Crippen molar-refractivity contribution in [1.29, 1.82) is 0 Å². The summed E-state index contributed by atoms with van der Waals surface area (Å²) in [7, 11) is 0. The Labute approximate surface area is 87.8 Å². The third-order valence-electron chi connectivity index (χ3n) is 3.45. The molecule has 0 amide bonds. The van der Waals surface area contributed by atoms with Gasteiger partial charge in [0.2, 0.25) is 0 Å². The molecule has 1 aliphatic heterocycles. The van der Waals surface area contributed by atoms with E-state index in [1.54, 1.807) is 0 Å². The minimum atomic E-state index is -0.310. The lowest BCUT2D eigenvalue weighted by atomic mass is 9.70. The largest absolute Gasteiger partial charge is 0.315 e. The lowest BCUT2D eigenvalue weighted by Gasteiger charge is -2.37. The van der Waals surface area contributed by atoms with Gasteiger partial charge in [-0.2, -0.15) is 5.10 Å². The van der Waals surface area contributed by atoms with Gasteiger partial charge in [0.1, 0.15) is 6.29 Å². The predicted molar refractivity (Wildman–Crippen MR) is 56.3 cm³/mol. The first-order valence-corrected chi connectivity index (χ1v) is 5.24. The van der Waals surface area contributed by atoms with Gasteiger partial charge in [-0.05, 0) is 31.0 Å². The molecule has 0 spiro atoms. The predicted octanol–water partition coefficient (Wildman–Crippen LogP) is 0.528. The van der Waals surface area contributed by atoms with E-state index in [-0.39, 0.29) is 5.41 Å². The molecule has 0 radical (unpaired) electrons.